The van der Waals surface area contributed by atoms with Gasteiger partial charge in [0.25, 0.3) is 11.8 Å². The van der Waals surface area contributed by atoms with Crippen LogP contribution in [-0.4, -0.2) is 40.2 Å². The molecule has 0 saturated carbocycles. The minimum Gasteiger partial charge on any atom is -0.379 e. The standard InChI is InChI=1S/C21H18F4N4O3/c22-12-2-5-15-16(7-12)21(24,25)8-14-4-1-11(10-29(14)19(15)30)20(31)32-28-18(26)17-6-3-13(23)9-27-17/h2-3,5-7,9,11,14H,1,4,8,10H2,(H2,26,28)/t11-,14+/m1/s1. The topological polar surface area (TPSA) is 97.9 Å². The summed E-state index contributed by atoms with van der Waals surface area (Å²) in [5, 5.41) is 3.50. The molecule has 1 amide bonds. The van der Waals surface area contributed by atoms with E-state index < -0.39 is 53.4 Å². The zero-order valence-corrected chi connectivity index (χ0v) is 16.6. The molecule has 0 unspecified atom stereocenters. The van der Waals surface area contributed by atoms with Gasteiger partial charge in [-0.2, -0.15) is 0 Å². The maximum atomic E-state index is 14.7. The maximum absolute atomic E-state index is 14.7. The first kappa shape index (κ1) is 21.7. The van der Waals surface area contributed by atoms with Crippen molar-refractivity contribution < 1.29 is 32.0 Å². The Hall–Kier alpha value is -3.50. The summed E-state index contributed by atoms with van der Waals surface area (Å²) in [5.41, 5.74) is 4.82. The van der Waals surface area contributed by atoms with Crippen LogP contribution in [0.2, 0.25) is 0 Å². The number of carbonyl (C=O) groups excluding carboxylic acids is 2. The molecular formula is C21H18F4N4O3. The summed E-state index contributed by atoms with van der Waals surface area (Å²) >= 11 is 0. The molecule has 2 aliphatic heterocycles. The lowest BCUT2D eigenvalue weighted by atomic mass is 9.90. The number of hydrogen-bond donors (Lipinski definition) is 1. The number of oxime groups is 1. The molecule has 2 N–H and O–H groups in total. The molecular weight excluding hydrogens is 432 g/mol. The number of amides is 1. The molecule has 32 heavy (non-hydrogen) atoms. The van der Waals surface area contributed by atoms with E-state index in [1.54, 1.807) is 0 Å². The molecule has 2 aliphatic rings. The van der Waals surface area contributed by atoms with E-state index in [0.717, 1.165) is 24.4 Å². The van der Waals surface area contributed by atoms with Gasteiger partial charge in [-0.15, -0.1) is 0 Å². The van der Waals surface area contributed by atoms with Crippen LogP contribution >= 0.6 is 0 Å². The Morgan fingerprint density at radius 3 is 2.66 bits per heavy atom. The second-order valence-corrected chi connectivity index (χ2v) is 7.73. The predicted molar refractivity (Wildman–Crippen MR) is 103 cm³/mol. The number of nitrogens with zero attached hydrogens (tertiary/aromatic N) is 3. The van der Waals surface area contributed by atoms with Crippen molar-refractivity contribution in [1.82, 2.24) is 9.88 Å². The molecule has 7 nitrogen and oxygen atoms in total. The number of halogens is 4. The smallest absolute Gasteiger partial charge is 0.339 e. The van der Waals surface area contributed by atoms with Crippen molar-refractivity contribution in [2.24, 2.45) is 16.8 Å². The summed E-state index contributed by atoms with van der Waals surface area (Å²) in [6.07, 6.45) is 0.581. The summed E-state index contributed by atoms with van der Waals surface area (Å²) < 4.78 is 56.0. The molecule has 0 bridgehead atoms. The van der Waals surface area contributed by atoms with E-state index in [2.05, 4.69) is 10.1 Å². The molecule has 1 saturated heterocycles. The largest absolute Gasteiger partial charge is 0.379 e. The number of aromatic nitrogens is 1. The molecule has 0 radical (unpaired) electrons. The number of amidine groups is 1. The number of pyridine rings is 1. The Labute approximate surface area is 179 Å². The Bertz CT molecular complexity index is 1090. The lowest BCUT2D eigenvalue weighted by Crippen LogP contribution is -2.48. The highest BCUT2D eigenvalue weighted by atomic mass is 19.3. The summed E-state index contributed by atoms with van der Waals surface area (Å²) in [7, 11) is 0. The molecule has 2 atom stereocenters. The van der Waals surface area contributed by atoms with E-state index in [1.165, 1.54) is 11.0 Å². The summed E-state index contributed by atoms with van der Waals surface area (Å²) in [6.45, 7) is -0.153. The summed E-state index contributed by atoms with van der Waals surface area (Å²) in [5.74, 6) is -7.39. The first-order valence-corrected chi connectivity index (χ1v) is 9.81. The highest BCUT2D eigenvalue weighted by Crippen LogP contribution is 2.42. The van der Waals surface area contributed by atoms with Gasteiger partial charge in [0.1, 0.15) is 17.3 Å². The van der Waals surface area contributed by atoms with Gasteiger partial charge in [-0.25, -0.2) is 27.3 Å². The first-order valence-electron chi connectivity index (χ1n) is 9.81. The fourth-order valence-electron chi connectivity index (χ4n) is 3.99. The van der Waals surface area contributed by atoms with E-state index in [4.69, 9.17) is 10.6 Å². The van der Waals surface area contributed by atoms with Gasteiger partial charge in [0.05, 0.1) is 12.1 Å². The lowest BCUT2D eigenvalue weighted by molar-refractivity contribution is -0.150. The van der Waals surface area contributed by atoms with Gasteiger partial charge < -0.3 is 15.5 Å². The van der Waals surface area contributed by atoms with E-state index in [-0.39, 0.29) is 36.5 Å². The Balaban J connectivity index is 1.50. The van der Waals surface area contributed by atoms with Crippen LogP contribution in [0.5, 0.6) is 0 Å². The molecule has 4 rings (SSSR count). The summed E-state index contributed by atoms with van der Waals surface area (Å²) in [6, 6.07) is 4.21. The van der Waals surface area contributed by atoms with Crippen LogP contribution in [0.4, 0.5) is 17.6 Å². The van der Waals surface area contributed by atoms with Gasteiger partial charge >= 0.3 is 5.97 Å². The number of carbonyl (C=O) groups is 2. The van der Waals surface area contributed by atoms with E-state index in [1.807, 2.05) is 0 Å². The van der Waals surface area contributed by atoms with Gasteiger partial charge in [0.15, 0.2) is 5.84 Å². The molecule has 11 heteroatoms. The second kappa shape index (κ2) is 8.21. The number of alkyl halides is 2. The molecule has 0 spiro atoms. The molecule has 168 valence electrons. The molecule has 2 aromatic rings. The van der Waals surface area contributed by atoms with Gasteiger partial charge in [-0.1, -0.05) is 5.16 Å². The zero-order chi connectivity index (χ0) is 23.0. The van der Waals surface area contributed by atoms with E-state index >= 15 is 0 Å². The minimum atomic E-state index is -3.39. The van der Waals surface area contributed by atoms with Crippen molar-refractivity contribution >= 4 is 17.7 Å². The van der Waals surface area contributed by atoms with Crippen LogP contribution in [0.25, 0.3) is 0 Å². The fraction of sp³-hybridized carbons (Fsp3) is 0.333. The molecule has 3 heterocycles. The van der Waals surface area contributed by atoms with Crippen molar-refractivity contribution in [1.29, 1.82) is 0 Å². The van der Waals surface area contributed by atoms with Crippen molar-refractivity contribution in [2.75, 3.05) is 6.54 Å². The third kappa shape index (κ3) is 4.14. The van der Waals surface area contributed by atoms with Crippen LogP contribution in [0, 0.1) is 17.6 Å². The Morgan fingerprint density at radius 1 is 1.19 bits per heavy atom. The molecule has 0 aliphatic carbocycles. The number of hydrogen-bond acceptors (Lipinski definition) is 5. The van der Waals surface area contributed by atoms with Crippen molar-refractivity contribution in [2.45, 2.75) is 31.2 Å². The van der Waals surface area contributed by atoms with Crippen LogP contribution in [0.3, 0.4) is 0 Å². The summed E-state index contributed by atoms with van der Waals surface area (Å²) in [4.78, 5) is 35.2. The Kier molecular flexibility index (Phi) is 5.57. The Morgan fingerprint density at radius 2 is 1.94 bits per heavy atom. The van der Waals surface area contributed by atoms with Crippen LogP contribution in [0.15, 0.2) is 41.7 Å². The number of piperidine rings is 1. The van der Waals surface area contributed by atoms with Gasteiger partial charge in [-0.05, 0) is 43.2 Å². The number of benzene rings is 1. The average molecular weight is 450 g/mol. The second-order valence-electron chi connectivity index (χ2n) is 7.73. The monoisotopic (exact) mass is 450 g/mol. The third-order valence-electron chi connectivity index (χ3n) is 5.62. The normalized spacial score (nSPS) is 22.6. The molecule has 1 aromatic carbocycles. The van der Waals surface area contributed by atoms with Crippen LogP contribution in [-0.2, 0) is 15.6 Å². The van der Waals surface area contributed by atoms with Gasteiger partial charge in [-0.3, -0.25) is 4.79 Å². The first-order chi connectivity index (χ1) is 15.2. The fourth-order valence-corrected chi connectivity index (χ4v) is 3.99. The molecule has 1 aromatic heterocycles. The van der Waals surface area contributed by atoms with Crippen LogP contribution in [0.1, 0.15) is 40.9 Å². The lowest BCUT2D eigenvalue weighted by Gasteiger charge is -2.38. The maximum Gasteiger partial charge on any atom is 0.339 e. The molecule has 1 fully saturated rings. The SMILES string of the molecule is NC(=NOC(=O)[C@@H]1CC[C@H]2CC(F)(F)c3cc(F)ccc3C(=O)N2C1)c1ccc(F)cn1. The zero-order valence-electron chi connectivity index (χ0n) is 16.6. The van der Waals surface area contributed by atoms with Crippen molar-refractivity contribution in [3.8, 4) is 0 Å². The quantitative estimate of drug-likeness (QED) is 0.255. The van der Waals surface area contributed by atoms with E-state index in [0.29, 0.717) is 6.07 Å². The number of rotatable bonds is 3. The average Bonchev–Trinajstić information content (AvgIpc) is 2.84. The highest BCUT2D eigenvalue weighted by Gasteiger charge is 2.47. The van der Waals surface area contributed by atoms with Crippen molar-refractivity contribution in [3.63, 3.8) is 0 Å². The number of nitrogens with two attached hydrogens (primary N) is 1. The highest BCUT2D eigenvalue weighted by molar-refractivity contribution is 5.97. The minimum absolute atomic E-state index is 0.0941. The van der Waals surface area contributed by atoms with Crippen molar-refractivity contribution in [3.05, 3.63) is 65.0 Å². The third-order valence-corrected chi connectivity index (χ3v) is 5.62. The van der Waals surface area contributed by atoms with Crippen LogP contribution < -0.4 is 5.73 Å². The van der Waals surface area contributed by atoms with E-state index in [9.17, 15) is 27.2 Å². The predicted octanol–water partition coefficient (Wildman–Crippen LogP) is 2.94. The number of fused-ring (bicyclic) bond motifs is 2. The van der Waals surface area contributed by atoms with Gasteiger partial charge in [0.2, 0.25) is 0 Å². The van der Waals surface area contributed by atoms with Gasteiger partial charge in [0, 0.05) is 30.1 Å².